The van der Waals surface area contributed by atoms with Gasteiger partial charge >= 0.3 is 0 Å². The van der Waals surface area contributed by atoms with Gasteiger partial charge in [-0.05, 0) is 23.7 Å². The zero-order valence-corrected chi connectivity index (χ0v) is 8.36. The molecule has 1 aromatic carbocycles. The number of carbonyl (C=O) groups is 1. The number of carbonyl (C=O) groups excluding carboxylic acids is 1. The summed E-state index contributed by atoms with van der Waals surface area (Å²) >= 11 is 4.98. The molecular formula is C10H3ClF3NO. The fourth-order valence-electron chi connectivity index (χ4n) is 1.37. The highest BCUT2D eigenvalue weighted by atomic mass is 35.5. The maximum atomic E-state index is 13.6. The van der Waals surface area contributed by atoms with Crippen LogP contribution in [0.2, 0.25) is 0 Å². The molecule has 0 spiro atoms. The van der Waals surface area contributed by atoms with Gasteiger partial charge in [-0.3, -0.25) is 9.78 Å². The Morgan fingerprint density at radius 2 is 1.88 bits per heavy atom. The minimum absolute atomic E-state index is 0.287. The van der Waals surface area contributed by atoms with Crippen LogP contribution in [0.15, 0.2) is 18.3 Å². The van der Waals surface area contributed by atoms with Gasteiger partial charge < -0.3 is 0 Å². The van der Waals surface area contributed by atoms with Crippen LogP contribution in [0.5, 0.6) is 0 Å². The molecule has 0 atom stereocenters. The lowest BCUT2D eigenvalue weighted by atomic mass is 10.1. The van der Waals surface area contributed by atoms with Gasteiger partial charge in [-0.2, -0.15) is 0 Å². The van der Waals surface area contributed by atoms with Crippen LogP contribution in [0.3, 0.4) is 0 Å². The van der Waals surface area contributed by atoms with E-state index in [1.807, 2.05) is 0 Å². The lowest BCUT2D eigenvalue weighted by Gasteiger charge is -2.05. The molecule has 2 rings (SSSR count). The number of hydrogen-bond acceptors (Lipinski definition) is 2. The first-order valence-electron chi connectivity index (χ1n) is 4.15. The fraction of sp³-hybridized carbons (Fsp3) is 0. The zero-order valence-electron chi connectivity index (χ0n) is 7.60. The van der Waals surface area contributed by atoms with E-state index in [0.717, 1.165) is 0 Å². The van der Waals surface area contributed by atoms with Crippen LogP contribution >= 0.6 is 11.6 Å². The Labute approximate surface area is 92.7 Å². The van der Waals surface area contributed by atoms with E-state index in [2.05, 4.69) is 4.98 Å². The van der Waals surface area contributed by atoms with Crippen molar-refractivity contribution in [1.29, 1.82) is 0 Å². The molecule has 0 amide bonds. The van der Waals surface area contributed by atoms with Crippen molar-refractivity contribution >= 4 is 27.7 Å². The second-order valence-corrected chi connectivity index (χ2v) is 3.33. The van der Waals surface area contributed by atoms with Gasteiger partial charge in [0.2, 0.25) is 0 Å². The number of rotatable bonds is 1. The van der Waals surface area contributed by atoms with Gasteiger partial charge in [0.05, 0.1) is 0 Å². The van der Waals surface area contributed by atoms with E-state index >= 15 is 0 Å². The van der Waals surface area contributed by atoms with Crippen molar-refractivity contribution in [3.05, 3.63) is 41.3 Å². The van der Waals surface area contributed by atoms with Gasteiger partial charge in [-0.25, -0.2) is 13.2 Å². The predicted molar refractivity (Wildman–Crippen MR) is 51.8 cm³/mol. The molecule has 0 saturated heterocycles. The molecule has 0 N–H and O–H groups in total. The zero-order chi connectivity index (χ0) is 11.9. The third-order valence-corrected chi connectivity index (χ3v) is 2.27. The van der Waals surface area contributed by atoms with Crippen molar-refractivity contribution in [2.24, 2.45) is 0 Å². The second-order valence-electron chi connectivity index (χ2n) is 2.99. The molecule has 0 aliphatic carbocycles. The summed E-state index contributed by atoms with van der Waals surface area (Å²) in [6, 6.07) is 2.52. The van der Waals surface area contributed by atoms with E-state index in [4.69, 9.17) is 11.6 Å². The molecule has 0 unspecified atom stereocenters. The largest absolute Gasteiger partial charge is 0.275 e. The van der Waals surface area contributed by atoms with Crippen LogP contribution in [0.25, 0.3) is 10.9 Å². The quantitative estimate of drug-likeness (QED) is 0.571. The summed E-state index contributed by atoms with van der Waals surface area (Å²) in [5, 5.41) is -1.68. The fourth-order valence-corrected chi connectivity index (χ4v) is 1.54. The SMILES string of the molecule is O=C(Cl)c1c(F)c(F)c2ncccc2c1F. The molecule has 0 bridgehead atoms. The van der Waals surface area contributed by atoms with Crippen LogP contribution in [-0.4, -0.2) is 10.2 Å². The Hall–Kier alpha value is -1.62. The van der Waals surface area contributed by atoms with E-state index in [-0.39, 0.29) is 5.39 Å². The summed E-state index contributed by atoms with van der Waals surface area (Å²) in [7, 11) is 0. The molecule has 2 aromatic rings. The first-order chi connectivity index (χ1) is 7.54. The number of hydrogen-bond donors (Lipinski definition) is 0. The first-order valence-corrected chi connectivity index (χ1v) is 4.53. The topological polar surface area (TPSA) is 30.0 Å². The summed E-state index contributed by atoms with van der Waals surface area (Å²) in [6.07, 6.45) is 1.19. The highest BCUT2D eigenvalue weighted by Crippen LogP contribution is 2.26. The number of pyridine rings is 1. The third kappa shape index (κ3) is 1.44. The molecule has 82 valence electrons. The van der Waals surface area contributed by atoms with Crippen molar-refractivity contribution in [2.45, 2.75) is 0 Å². The van der Waals surface area contributed by atoms with Gasteiger partial charge in [0.25, 0.3) is 5.24 Å². The van der Waals surface area contributed by atoms with Crippen LogP contribution in [0.4, 0.5) is 13.2 Å². The molecule has 0 radical (unpaired) electrons. The maximum Gasteiger partial charge on any atom is 0.258 e. The highest BCUT2D eigenvalue weighted by Gasteiger charge is 2.24. The van der Waals surface area contributed by atoms with E-state index in [0.29, 0.717) is 0 Å². The van der Waals surface area contributed by atoms with Crippen molar-refractivity contribution < 1.29 is 18.0 Å². The summed E-state index contributed by atoms with van der Waals surface area (Å²) in [4.78, 5) is 14.3. The van der Waals surface area contributed by atoms with Crippen molar-refractivity contribution in [2.75, 3.05) is 0 Å². The highest BCUT2D eigenvalue weighted by molar-refractivity contribution is 6.67. The third-order valence-electron chi connectivity index (χ3n) is 2.08. The van der Waals surface area contributed by atoms with Crippen LogP contribution in [0, 0.1) is 17.5 Å². The first kappa shape index (κ1) is 10.9. The van der Waals surface area contributed by atoms with Crippen LogP contribution in [-0.2, 0) is 0 Å². The summed E-state index contributed by atoms with van der Waals surface area (Å²) in [5.74, 6) is -4.22. The van der Waals surface area contributed by atoms with E-state index in [1.54, 1.807) is 0 Å². The molecule has 0 aliphatic heterocycles. The van der Waals surface area contributed by atoms with Gasteiger partial charge in [0.15, 0.2) is 11.6 Å². The van der Waals surface area contributed by atoms with Gasteiger partial charge in [0, 0.05) is 11.6 Å². The molecular weight excluding hydrogens is 243 g/mol. The number of halogens is 4. The summed E-state index contributed by atoms with van der Waals surface area (Å²) in [6.45, 7) is 0. The van der Waals surface area contributed by atoms with Gasteiger partial charge in [-0.1, -0.05) is 0 Å². The number of benzene rings is 1. The lowest BCUT2D eigenvalue weighted by Crippen LogP contribution is -2.05. The average Bonchev–Trinajstić information content (AvgIpc) is 2.26. The molecule has 1 heterocycles. The summed E-state index contributed by atoms with van der Waals surface area (Å²) < 4.78 is 40.3. The number of fused-ring (bicyclic) bond motifs is 1. The lowest BCUT2D eigenvalue weighted by molar-refractivity contribution is 0.107. The van der Waals surface area contributed by atoms with Crippen LogP contribution < -0.4 is 0 Å². The van der Waals surface area contributed by atoms with E-state index in [1.165, 1.54) is 18.3 Å². The molecule has 2 nitrogen and oxygen atoms in total. The summed E-state index contributed by atoms with van der Waals surface area (Å²) in [5.41, 5.74) is -1.57. The van der Waals surface area contributed by atoms with Gasteiger partial charge in [-0.15, -0.1) is 0 Å². The number of nitrogens with zero attached hydrogens (tertiary/aromatic N) is 1. The van der Waals surface area contributed by atoms with Crippen LogP contribution in [0.1, 0.15) is 10.4 Å². The smallest absolute Gasteiger partial charge is 0.258 e. The standard InChI is InChI=1S/C10H3ClF3NO/c11-10(16)5-6(12)4-2-1-3-15-9(4)8(14)7(5)13/h1-3H. The average molecular weight is 246 g/mol. The van der Waals surface area contributed by atoms with E-state index < -0.39 is 33.8 Å². The predicted octanol–water partition coefficient (Wildman–Crippen LogP) is 3.03. The van der Waals surface area contributed by atoms with Crippen molar-refractivity contribution in [3.63, 3.8) is 0 Å². The molecule has 1 aromatic heterocycles. The minimum atomic E-state index is -1.62. The number of aromatic nitrogens is 1. The Balaban J connectivity index is 3.00. The normalized spacial score (nSPS) is 10.8. The minimum Gasteiger partial charge on any atom is -0.275 e. The second kappa shape index (κ2) is 3.75. The Bertz CT molecular complexity index is 600. The molecule has 0 aliphatic rings. The Morgan fingerprint density at radius 3 is 2.50 bits per heavy atom. The van der Waals surface area contributed by atoms with Crippen molar-refractivity contribution in [3.8, 4) is 0 Å². The van der Waals surface area contributed by atoms with Gasteiger partial charge in [0.1, 0.15) is 16.9 Å². The Morgan fingerprint density at radius 1 is 1.19 bits per heavy atom. The molecule has 16 heavy (non-hydrogen) atoms. The van der Waals surface area contributed by atoms with Crippen molar-refractivity contribution in [1.82, 2.24) is 4.98 Å². The molecule has 6 heteroatoms. The maximum absolute atomic E-state index is 13.6. The molecule has 0 saturated carbocycles. The van der Waals surface area contributed by atoms with E-state index in [9.17, 15) is 18.0 Å². The monoisotopic (exact) mass is 245 g/mol. The molecule has 0 fully saturated rings. The Kier molecular flexibility index (Phi) is 2.55.